The van der Waals surface area contributed by atoms with E-state index in [4.69, 9.17) is 16.3 Å². The summed E-state index contributed by atoms with van der Waals surface area (Å²) in [7, 11) is 0. The molecule has 0 saturated heterocycles. The average molecular weight is 388 g/mol. The third kappa shape index (κ3) is 3.90. The van der Waals surface area contributed by atoms with E-state index in [1.165, 1.54) is 18.2 Å². The van der Waals surface area contributed by atoms with Crippen molar-refractivity contribution in [3.05, 3.63) is 68.9 Å². The van der Waals surface area contributed by atoms with Gasteiger partial charge in [0, 0.05) is 28.7 Å². The van der Waals surface area contributed by atoms with Gasteiger partial charge < -0.3 is 15.0 Å². The summed E-state index contributed by atoms with van der Waals surface area (Å²) < 4.78 is 5.00. The summed E-state index contributed by atoms with van der Waals surface area (Å²) >= 11 is 6.17. The Hall–Kier alpha value is -3.39. The van der Waals surface area contributed by atoms with Crippen LogP contribution in [0.5, 0.6) is 0 Å². The largest absolute Gasteiger partial charge is 0.451 e. The van der Waals surface area contributed by atoms with Crippen LogP contribution in [-0.4, -0.2) is 28.4 Å². The fourth-order valence-corrected chi connectivity index (χ4v) is 2.83. The maximum absolute atomic E-state index is 12.2. The number of nitro groups is 1. The summed E-state index contributed by atoms with van der Waals surface area (Å²) in [6.45, 7) is 1.10. The van der Waals surface area contributed by atoms with E-state index >= 15 is 0 Å². The Labute approximate surface area is 158 Å². The van der Waals surface area contributed by atoms with Crippen LogP contribution in [0.25, 0.3) is 10.9 Å². The number of aromatic nitrogens is 1. The van der Waals surface area contributed by atoms with Gasteiger partial charge in [-0.2, -0.15) is 0 Å². The van der Waals surface area contributed by atoms with Crippen LogP contribution in [0, 0.1) is 17.0 Å². The normalized spacial score (nSPS) is 10.6. The molecule has 1 aromatic heterocycles. The number of anilines is 1. The molecule has 1 heterocycles. The van der Waals surface area contributed by atoms with Gasteiger partial charge in [0.2, 0.25) is 0 Å². The van der Waals surface area contributed by atoms with Gasteiger partial charge in [-0.1, -0.05) is 29.8 Å². The number of H-pyrrole nitrogens is 1. The van der Waals surface area contributed by atoms with Crippen molar-refractivity contribution >= 4 is 45.8 Å². The van der Waals surface area contributed by atoms with Crippen molar-refractivity contribution < 1.29 is 19.2 Å². The standard InChI is InChI=1S/C18H14ClN3O5/c1-10-8-11(22(25)26)6-7-13(10)20-15(23)9-27-18(24)17-16(19)12-4-2-3-5-14(12)21-17/h2-8,21H,9H2,1H3,(H,20,23). The predicted octanol–water partition coefficient (Wildman–Crippen LogP) is 3.83. The number of amides is 1. The minimum atomic E-state index is -0.758. The van der Waals surface area contributed by atoms with E-state index in [1.807, 2.05) is 0 Å². The molecule has 0 spiro atoms. The summed E-state index contributed by atoms with van der Waals surface area (Å²) in [5.74, 6) is -1.33. The fraction of sp³-hybridized carbons (Fsp3) is 0.111. The first kappa shape index (κ1) is 18.4. The van der Waals surface area contributed by atoms with Crippen LogP contribution >= 0.6 is 11.6 Å². The molecule has 0 bridgehead atoms. The molecule has 3 aromatic rings. The van der Waals surface area contributed by atoms with Crippen LogP contribution in [-0.2, 0) is 9.53 Å². The lowest BCUT2D eigenvalue weighted by Crippen LogP contribution is -2.21. The van der Waals surface area contributed by atoms with Crippen molar-refractivity contribution in [3.8, 4) is 0 Å². The van der Waals surface area contributed by atoms with Crippen LogP contribution < -0.4 is 5.32 Å². The molecule has 8 nitrogen and oxygen atoms in total. The summed E-state index contributed by atoms with van der Waals surface area (Å²) in [4.78, 5) is 37.3. The van der Waals surface area contributed by atoms with Gasteiger partial charge in [-0.05, 0) is 24.6 Å². The Balaban J connectivity index is 1.64. The van der Waals surface area contributed by atoms with Crippen molar-refractivity contribution in [1.82, 2.24) is 4.98 Å². The number of fused-ring (bicyclic) bond motifs is 1. The molecule has 0 aliphatic carbocycles. The number of rotatable bonds is 5. The highest BCUT2D eigenvalue weighted by molar-refractivity contribution is 6.38. The number of para-hydroxylation sites is 1. The number of nitro benzene ring substituents is 1. The van der Waals surface area contributed by atoms with Crippen LogP contribution in [0.1, 0.15) is 16.1 Å². The molecule has 0 saturated carbocycles. The summed E-state index contributed by atoms with van der Waals surface area (Å²) in [5.41, 5.74) is 1.58. The highest BCUT2D eigenvalue weighted by Crippen LogP contribution is 2.27. The van der Waals surface area contributed by atoms with Gasteiger partial charge in [0.1, 0.15) is 5.69 Å². The number of esters is 1. The number of benzene rings is 2. The number of ether oxygens (including phenoxy) is 1. The first-order chi connectivity index (χ1) is 12.9. The number of aryl methyl sites for hydroxylation is 1. The summed E-state index contributed by atoms with van der Waals surface area (Å²) in [6.07, 6.45) is 0. The minimum Gasteiger partial charge on any atom is -0.451 e. The SMILES string of the molecule is Cc1cc([N+](=O)[O-])ccc1NC(=O)COC(=O)c1[nH]c2ccccc2c1Cl. The predicted molar refractivity (Wildman–Crippen MR) is 100 cm³/mol. The molecule has 9 heteroatoms. The highest BCUT2D eigenvalue weighted by Gasteiger charge is 2.19. The zero-order chi connectivity index (χ0) is 19.6. The van der Waals surface area contributed by atoms with Gasteiger partial charge in [-0.15, -0.1) is 0 Å². The van der Waals surface area contributed by atoms with E-state index in [0.717, 1.165) is 0 Å². The molecule has 3 rings (SSSR count). The highest BCUT2D eigenvalue weighted by atomic mass is 35.5. The second kappa shape index (κ2) is 7.46. The lowest BCUT2D eigenvalue weighted by Gasteiger charge is -2.08. The Bertz CT molecular complexity index is 1060. The third-order valence-corrected chi connectivity index (χ3v) is 4.27. The molecule has 1 amide bonds. The second-order valence-corrected chi connectivity index (χ2v) is 6.12. The quantitative estimate of drug-likeness (QED) is 0.392. The van der Waals surface area contributed by atoms with Crippen LogP contribution in [0.2, 0.25) is 5.02 Å². The number of nitrogens with one attached hydrogen (secondary N) is 2. The van der Waals surface area contributed by atoms with Crippen molar-refractivity contribution in [2.75, 3.05) is 11.9 Å². The maximum Gasteiger partial charge on any atom is 0.356 e. The number of halogens is 1. The zero-order valence-electron chi connectivity index (χ0n) is 14.1. The molecule has 0 aliphatic heterocycles. The monoisotopic (exact) mass is 387 g/mol. The molecule has 0 unspecified atom stereocenters. The Morgan fingerprint density at radius 3 is 2.67 bits per heavy atom. The number of hydrogen-bond acceptors (Lipinski definition) is 5. The molecule has 2 N–H and O–H groups in total. The lowest BCUT2D eigenvalue weighted by molar-refractivity contribution is -0.384. The third-order valence-electron chi connectivity index (χ3n) is 3.88. The molecule has 138 valence electrons. The van der Waals surface area contributed by atoms with Gasteiger partial charge in [-0.3, -0.25) is 14.9 Å². The van der Waals surface area contributed by atoms with Gasteiger partial charge in [0.15, 0.2) is 6.61 Å². The molecule has 0 fully saturated rings. The number of nitrogens with zero attached hydrogens (tertiary/aromatic N) is 1. The van der Waals surface area contributed by atoms with Gasteiger partial charge in [-0.25, -0.2) is 4.79 Å². The first-order valence-corrected chi connectivity index (χ1v) is 8.23. The van der Waals surface area contributed by atoms with E-state index in [-0.39, 0.29) is 16.4 Å². The smallest absolute Gasteiger partial charge is 0.356 e. The van der Waals surface area contributed by atoms with Crippen LogP contribution in [0.4, 0.5) is 11.4 Å². The van der Waals surface area contributed by atoms with Gasteiger partial charge in [0.25, 0.3) is 11.6 Å². The van der Waals surface area contributed by atoms with E-state index in [9.17, 15) is 19.7 Å². The topological polar surface area (TPSA) is 114 Å². The van der Waals surface area contributed by atoms with E-state index in [1.54, 1.807) is 31.2 Å². The fourth-order valence-electron chi connectivity index (χ4n) is 2.54. The molecular formula is C18H14ClN3O5. The van der Waals surface area contributed by atoms with Crippen LogP contribution in [0.3, 0.4) is 0 Å². The van der Waals surface area contributed by atoms with Crippen molar-refractivity contribution in [2.24, 2.45) is 0 Å². The van der Waals surface area contributed by atoms with Gasteiger partial charge in [0.05, 0.1) is 9.95 Å². The Morgan fingerprint density at radius 1 is 1.26 bits per heavy atom. The maximum atomic E-state index is 12.2. The van der Waals surface area contributed by atoms with E-state index < -0.39 is 23.4 Å². The molecular weight excluding hydrogens is 374 g/mol. The van der Waals surface area contributed by atoms with Gasteiger partial charge >= 0.3 is 5.97 Å². The second-order valence-electron chi connectivity index (χ2n) is 5.74. The lowest BCUT2D eigenvalue weighted by atomic mass is 10.2. The Morgan fingerprint density at radius 2 is 2.00 bits per heavy atom. The van der Waals surface area contributed by atoms with E-state index in [0.29, 0.717) is 22.2 Å². The number of hydrogen-bond donors (Lipinski definition) is 2. The molecule has 0 radical (unpaired) electrons. The molecule has 0 aliphatic rings. The minimum absolute atomic E-state index is 0.0668. The Kier molecular flexibility index (Phi) is 5.09. The molecule has 27 heavy (non-hydrogen) atoms. The van der Waals surface area contributed by atoms with Crippen molar-refractivity contribution in [1.29, 1.82) is 0 Å². The molecule has 0 atom stereocenters. The number of carbonyl (C=O) groups excluding carboxylic acids is 2. The molecule has 2 aromatic carbocycles. The zero-order valence-corrected chi connectivity index (χ0v) is 14.9. The number of carbonyl (C=O) groups is 2. The van der Waals surface area contributed by atoms with Crippen molar-refractivity contribution in [3.63, 3.8) is 0 Å². The number of aromatic amines is 1. The average Bonchev–Trinajstić information content (AvgIpc) is 2.98. The first-order valence-electron chi connectivity index (χ1n) is 7.85. The van der Waals surface area contributed by atoms with E-state index in [2.05, 4.69) is 10.3 Å². The van der Waals surface area contributed by atoms with Crippen molar-refractivity contribution in [2.45, 2.75) is 6.92 Å². The summed E-state index contributed by atoms with van der Waals surface area (Å²) in [6, 6.07) is 11.1. The number of non-ortho nitro benzene ring substituents is 1. The van der Waals surface area contributed by atoms with Crippen LogP contribution in [0.15, 0.2) is 42.5 Å². The summed E-state index contributed by atoms with van der Waals surface area (Å²) in [5, 5.41) is 14.2.